The molecule has 0 amide bonds. The molecule has 1 aromatic heterocycles. The van der Waals surface area contributed by atoms with Crippen LogP contribution < -0.4 is 14.9 Å². The lowest BCUT2D eigenvalue weighted by molar-refractivity contribution is 0.281. The standard InChI is InChI=1S/C26H31FO4S2/c1-4-6-12-32-26(33-13-7-5-2)18-8-10-23(24(14-18)29-3)31-17-19-16-30-22-11-9-20(27)15-21(22)25(19)28/h8-11,14-16,26H,4-7,12-13,17H2,1-3H3. The summed E-state index contributed by atoms with van der Waals surface area (Å²) < 4.78 is 30.9. The Morgan fingerprint density at radius 3 is 2.39 bits per heavy atom. The average Bonchev–Trinajstić information content (AvgIpc) is 2.83. The Morgan fingerprint density at radius 2 is 1.73 bits per heavy atom. The number of methoxy groups -OCH3 is 1. The maximum atomic E-state index is 13.6. The van der Waals surface area contributed by atoms with Gasteiger partial charge in [0.05, 0.1) is 22.6 Å². The lowest BCUT2D eigenvalue weighted by atomic mass is 10.2. The normalized spacial score (nSPS) is 11.3. The highest BCUT2D eigenvalue weighted by molar-refractivity contribution is 8.16. The molecule has 0 unspecified atom stereocenters. The molecule has 0 saturated carbocycles. The highest BCUT2D eigenvalue weighted by Gasteiger charge is 2.16. The second-order valence-electron chi connectivity index (χ2n) is 7.71. The first kappa shape index (κ1) is 25.5. The molecule has 1 heterocycles. The molecular weight excluding hydrogens is 459 g/mol. The van der Waals surface area contributed by atoms with E-state index in [-0.39, 0.29) is 17.4 Å². The lowest BCUT2D eigenvalue weighted by Crippen LogP contribution is -2.12. The minimum absolute atomic E-state index is 0.00439. The van der Waals surface area contributed by atoms with Crippen molar-refractivity contribution < 1.29 is 18.3 Å². The Morgan fingerprint density at radius 1 is 1.00 bits per heavy atom. The van der Waals surface area contributed by atoms with Crippen LogP contribution in [0.2, 0.25) is 0 Å². The third kappa shape index (κ3) is 6.93. The maximum absolute atomic E-state index is 13.6. The molecule has 4 nitrogen and oxygen atoms in total. The fourth-order valence-corrected chi connectivity index (χ4v) is 6.24. The predicted octanol–water partition coefficient (Wildman–Crippen LogP) is 7.58. The van der Waals surface area contributed by atoms with Gasteiger partial charge in [0.1, 0.15) is 24.3 Å². The van der Waals surface area contributed by atoms with Gasteiger partial charge in [-0.2, -0.15) is 0 Å². The summed E-state index contributed by atoms with van der Waals surface area (Å²) >= 11 is 3.94. The van der Waals surface area contributed by atoms with Gasteiger partial charge in [0, 0.05) is 0 Å². The Bertz CT molecular complexity index is 1090. The zero-order valence-electron chi connectivity index (χ0n) is 19.4. The molecule has 3 rings (SSSR count). The number of unbranched alkanes of at least 4 members (excludes halogenated alkanes) is 2. The van der Waals surface area contributed by atoms with Crippen molar-refractivity contribution in [3.05, 3.63) is 69.8 Å². The van der Waals surface area contributed by atoms with Gasteiger partial charge in [-0.05, 0) is 60.2 Å². The third-order valence-corrected chi connectivity index (χ3v) is 8.20. The predicted molar refractivity (Wildman–Crippen MR) is 137 cm³/mol. The molecule has 7 heteroatoms. The second-order valence-corrected chi connectivity index (χ2v) is 10.4. The van der Waals surface area contributed by atoms with E-state index in [1.165, 1.54) is 55.7 Å². The number of ether oxygens (including phenoxy) is 2. The van der Waals surface area contributed by atoms with E-state index >= 15 is 0 Å². The molecule has 0 radical (unpaired) electrons. The van der Waals surface area contributed by atoms with Crippen LogP contribution in [0.3, 0.4) is 0 Å². The summed E-state index contributed by atoms with van der Waals surface area (Å²) in [5.74, 6) is 2.95. The average molecular weight is 491 g/mol. The molecule has 0 saturated heterocycles. The van der Waals surface area contributed by atoms with Gasteiger partial charge in [-0.25, -0.2) is 4.39 Å². The van der Waals surface area contributed by atoms with Gasteiger partial charge in [-0.3, -0.25) is 4.79 Å². The van der Waals surface area contributed by atoms with Crippen LogP contribution >= 0.6 is 23.5 Å². The summed E-state index contributed by atoms with van der Waals surface area (Å²) in [6.45, 7) is 4.42. The molecule has 0 aliphatic carbocycles. The number of halogens is 1. The Kier molecular flexibility index (Phi) is 10.0. The van der Waals surface area contributed by atoms with Crippen molar-refractivity contribution in [2.24, 2.45) is 0 Å². The molecule has 0 bridgehead atoms. The Balaban J connectivity index is 1.76. The van der Waals surface area contributed by atoms with Crippen LogP contribution in [0.4, 0.5) is 4.39 Å². The van der Waals surface area contributed by atoms with E-state index in [1.54, 1.807) is 7.11 Å². The monoisotopic (exact) mass is 490 g/mol. The number of fused-ring (bicyclic) bond motifs is 1. The van der Waals surface area contributed by atoms with Crippen molar-refractivity contribution in [1.82, 2.24) is 0 Å². The van der Waals surface area contributed by atoms with Crippen molar-refractivity contribution in [2.45, 2.75) is 50.7 Å². The van der Waals surface area contributed by atoms with E-state index in [4.69, 9.17) is 13.9 Å². The molecule has 2 aromatic carbocycles. The van der Waals surface area contributed by atoms with Crippen molar-refractivity contribution >= 4 is 34.5 Å². The molecule has 0 N–H and O–H groups in total. The van der Waals surface area contributed by atoms with E-state index in [2.05, 4.69) is 19.9 Å². The summed E-state index contributed by atoms with van der Waals surface area (Å²) in [7, 11) is 1.61. The fraction of sp³-hybridized carbons (Fsp3) is 0.423. The SMILES string of the molecule is CCCCSC(SCCCC)c1ccc(OCc2coc3ccc(F)cc3c2=O)c(OC)c1. The molecular formula is C26H31FO4S2. The number of hydrogen-bond donors (Lipinski definition) is 0. The van der Waals surface area contributed by atoms with Crippen molar-refractivity contribution in [3.8, 4) is 11.5 Å². The number of benzene rings is 2. The van der Waals surface area contributed by atoms with Gasteiger partial charge < -0.3 is 13.9 Å². The molecule has 0 aliphatic rings. The fourth-order valence-electron chi connectivity index (χ4n) is 3.26. The van der Waals surface area contributed by atoms with E-state index in [0.29, 0.717) is 27.2 Å². The van der Waals surface area contributed by atoms with E-state index in [1.807, 2.05) is 35.7 Å². The van der Waals surface area contributed by atoms with Crippen LogP contribution in [-0.4, -0.2) is 18.6 Å². The van der Waals surface area contributed by atoms with Gasteiger partial charge in [0.15, 0.2) is 16.9 Å². The summed E-state index contributed by atoms with van der Waals surface area (Å²) in [5, 5.41) is 0.203. The highest BCUT2D eigenvalue weighted by Crippen LogP contribution is 2.43. The summed E-state index contributed by atoms with van der Waals surface area (Å²) in [4.78, 5) is 12.7. The zero-order valence-corrected chi connectivity index (χ0v) is 21.0. The first-order valence-corrected chi connectivity index (χ1v) is 13.4. The van der Waals surface area contributed by atoms with E-state index in [9.17, 15) is 9.18 Å². The molecule has 178 valence electrons. The minimum Gasteiger partial charge on any atom is -0.493 e. The number of rotatable bonds is 13. The van der Waals surface area contributed by atoms with Crippen LogP contribution in [0.15, 0.2) is 51.9 Å². The number of thioether (sulfide) groups is 2. The maximum Gasteiger partial charge on any atom is 0.199 e. The van der Waals surface area contributed by atoms with Crippen LogP contribution in [0, 0.1) is 5.82 Å². The third-order valence-electron chi connectivity index (χ3n) is 5.18. The van der Waals surface area contributed by atoms with Crippen LogP contribution in [0.25, 0.3) is 11.0 Å². The lowest BCUT2D eigenvalue weighted by Gasteiger charge is -2.19. The summed E-state index contributed by atoms with van der Waals surface area (Å²) in [6, 6.07) is 9.89. The molecule has 0 spiro atoms. The number of hydrogen-bond acceptors (Lipinski definition) is 6. The Hall–Kier alpha value is -2.12. The van der Waals surface area contributed by atoms with E-state index < -0.39 is 5.82 Å². The largest absolute Gasteiger partial charge is 0.493 e. The molecule has 33 heavy (non-hydrogen) atoms. The quantitative estimate of drug-likeness (QED) is 0.182. The van der Waals surface area contributed by atoms with Crippen molar-refractivity contribution in [1.29, 1.82) is 0 Å². The van der Waals surface area contributed by atoms with E-state index in [0.717, 1.165) is 11.5 Å². The van der Waals surface area contributed by atoms with Gasteiger partial charge in [0.25, 0.3) is 0 Å². The Labute approximate surface area is 203 Å². The van der Waals surface area contributed by atoms with Crippen LogP contribution in [0.1, 0.15) is 55.2 Å². The summed E-state index contributed by atoms with van der Waals surface area (Å²) in [6.07, 6.45) is 6.14. The highest BCUT2D eigenvalue weighted by atomic mass is 32.2. The van der Waals surface area contributed by atoms with Crippen molar-refractivity contribution in [3.63, 3.8) is 0 Å². The van der Waals surface area contributed by atoms with Gasteiger partial charge in [-0.15, -0.1) is 23.5 Å². The van der Waals surface area contributed by atoms with Gasteiger partial charge in [0.2, 0.25) is 0 Å². The summed E-state index contributed by atoms with van der Waals surface area (Å²) in [5.41, 5.74) is 1.56. The molecule has 0 atom stereocenters. The smallest absolute Gasteiger partial charge is 0.199 e. The second kappa shape index (κ2) is 12.9. The first-order valence-electron chi connectivity index (χ1n) is 11.3. The van der Waals surface area contributed by atoms with Gasteiger partial charge in [-0.1, -0.05) is 32.8 Å². The van der Waals surface area contributed by atoms with Gasteiger partial charge >= 0.3 is 0 Å². The first-order chi connectivity index (χ1) is 16.1. The molecule has 0 fully saturated rings. The van der Waals surface area contributed by atoms with Crippen LogP contribution in [-0.2, 0) is 6.61 Å². The zero-order chi connectivity index (χ0) is 23.6. The van der Waals surface area contributed by atoms with Crippen LogP contribution in [0.5, 0.6) is 11.5 Å². The van der Waals surface area contributed by atoms with Crippen molar-refractivity contribution in [2.75, 3.05) is 18.6 Å². The molecule has 3 aromatic rings. The molecule has 0 aliphatic heterocycles. The topological polar surface area (TPSA) is 48.7 Å². The minimum atomic E-state index is -0.478.